The van der Waals surface area contributed by atoms with Crippen LogP contribution in [-0.2, 0) is 0 Å². The van der Waals surface area contributed by atoms with Crippen molar-refractivity contribution in [2.75, 3.05) is 7.11 Å². The summed E-state index contributed by atoms with van der Waals surface area (Å²) < 4.78 is 10.9. The molecule has 4 nitrogen and oxygen atoms in total. The molecule has 0 radical (unpaired) electrons. The molecule has 0 aliphatic heterocycles. The van der Waals surface area contributed by atoms with Gasteiger partial charge in [-0.25, -0.2) is 9.97 Å². The van der Waals surface area contributed by atoms with E-state index in [1.807, 2.05) is 38.1 Å². The molecular formula is C14H15ClN2O2. The van der Waals surface area contributed by atoms with Gasteiger partial charge in [-0.1, -0.05) is 25.4 Å². The predicted molar refractivity (Wildman–Crippen MR) is 74.2 cm³/mol. The maximum absolute atomic E-state index is 6.09. The lowest BCUT2D eigenvalue weighted by molar-refractivity contribution is 0.411. The highest BCUT2D eigenvalue weighted by Gasteiger charge is 2.15. The van der Waals surface area contributed by atoms with Gasteiger partial charge in [-0.05, 0) is 30.2 Å². The summed E-state index contributed by atoms with van der Waals surface area (Å²) in [7, 11) is 1.62. The molecule has 0 spiro atoms. The largest absolute Gasteiger partial charge is 0.497 e. The highest BCUT2D eigenvalue weighted by atomic mass is 35.5. The summed E-state index contributed by atoms with van der Waals surface area (Å²) in [5.74, 6) is 2.12. The molecule has 0 aliphatic rings. The van der Waals surface area contributed by atoms with Crippen LogP contribution >= 0.6 is 11.6 Å². The van der Waals surface area contributed by atoms with Crippen LogP contribution in [0.15, 0.2) is 30.6 Å². The highest BCUT2D eigenvalue weighted by Crippen LogP contribution is 2.32. The van der Waals surface area contributed by atoms with Crippen molar-refractivity contribution in [2.24, 2.45) is 0 Å². The van der Waals surface area contributed by atoms with E-state index >= 15 is 0 Å². The Kier molecular flexibility index (Phi) is 4.22. The SMILES string of the molecule is COc1ccc(Oc2ncnc(Cl)c2C(C)C)cc1. The van der Waals surface area contributed by atoms with Gasteiger partial charge in [-0.15, -0.1) is 0 Å². The van der Waals surface area contributed by atoms with E-state index in [1.54, 1.807) is 7.11 Å². The average Bonchev–Trinajstić information content (AvgIpc) is 2.39. The number of hydrogen-bond acceptors (Lipinski definition) is 4. The van der Waals surface area contributed by atoms with E-state index < -0.39 is 0 Å². The molecule has 2 aromatic rings. The van der Waals surface area contributed by atoms with Crippen molar-refractivity contribution in [1.29, 1.82) is 0 Å². The Labute approximate surface area is 117 Å². The van der Waals surface area contributed by atoms with E-state index in [9.17, 15) is 0 Å². The summed E-state index contributed by atoms with van der Waals surface area (Å²) in [5, 5.41) is 0.425. The van der Waals surface area contributed by atoms with Crippen molar-refractivity contribution < 1.29 is 9.47 Å². The van der Waals surface area contributed by atoms with Gasteiger partial charge in [0, 0.05) is 0 Å². The first-order valence-electron chi connectivity index (χ1n) is 5.94. The highest BCUT2D eigenvalue weighted by molar-refractivity contribution is 6.30. The minimum absolute atomic E-state index is 0.182. The van der Waals surface area contributed by atoms with Crippen molar-refractivity contribution >= 4 is 11.6 Å². The molecule has 0 saturated carbocycles. The number of ether oxygens (including phenoxy) is 2. The Morgan fingerprint density at radius 2 is 1.68 bits per heavy atom. The Morgan fingerprint density at radius 3 is 2.26 bits per heavy atom. The Balaban J connectivity index is 2.29. The smallest absolute Gasteiger partial charge is 0.227 e. The molecule has 0 amide bonds. The number of nitrogens with zero attached hydrogens (tertiary/aromatic N) is 2. The van der Waals surface area contributed by atoms with Crippen LogP contribution < -0.4 is 9.47 Å². The Hall–Kier alpha value is -1.81. The van der Waals surface area contributed by atoms with Gasteiger partial charge in [0.2, 0.25) is 5.88 Å². The second-order valence-corrected chi connectivity index (χ2v) is 4.67. The van der Waals surface area contributed by atoms with E-state index in [0.717, 1.165) is 11.3 Å². The lowest BCUT2D eigenvalue weighted by Crippen LogP contribution is -1.99. The van der Waals surface area contributed by atoms with E-state index in [1.165, 1.54) is 6.33 Å². The van der Waals surface area contributed by atoms with E-state index in [2.05, 4.69) is 9.97 Å². The van der Waals surface area contributed by atoms with Crippen LogP contribution in [0.4, 0.5) is 0 Å². The molecule has 1 aromatic carbocycles. The van der Waals surface area contributed by atoms with Crippen LogP contribution in [0.25, 0.3) is 0 Å². The standard InChI is InChI=1S/C14H15ClN2O2/c1-9(2)12-13(15)16-8-17-14(12)19-11-6-4-10(18-3)5-7-11/h4-9H,1-3H3. The van der Waals surface area contributed by atoms with Crippen LogP contribution in [0, 0.1) is 0 Å². The van der Waals surface area contributed by atoms with Crippen molar-refractivity contribution in [3.8, 4) is 17.4 Å². The molecule has 5 heteroatoms. The number of methoxy groups -OCH3 is 1. The van der Waals surface area contributed by atoms with Crippen LogP contribution in [0.3, 0.4) is 0 Å². The number of hydrogen-bond donors (Lipinski definition) is 0. The zero-order valence-corrected chi connectivity index (χ0v) is 11.8. The maximum atomic E-state index is 6.09. The van der Waals surface area contributed by atoms with Crippen LogP contribution in [-0.4, -0.2) is 17.1 Å². The van der Waals surface area contributed by atoms with Crippen molar-refractivity contribution in [2.45, 2.75) is 19.8 Å². The van der Waals surface area contributed by atoms with Crippen LogP contribution in [0.5, 0.6) is 17.4 Å². The lowest BCUT2D eigenvalue weighted by atomic mass is 10.1. The second kappa shape index (κ2) is 5.89. The summed E-state index contributed by atoms with van der Waals surface area (Å²) >= 11 is 6.09. The molecule has 0 bridgehead atoms. The van der Waals surface area contributed by atoms with Crippen molar-refractivity contribution in [1.82, 2.24) is 9.97 Å². The third-order valence-electron chi connectivity index (χ3n) is 2.65. The van der Waals surface area contributed by atoms with Gasteiger partial charge in [0.05, 0.1) is 12.7 Å². The molecule has 0 N–H and O–H groups in total. The third kappa shape index (κ3) is 3.15. The van der Waals surface area contributed by atoms with Gasteiger partial charge in [0.25, 0.3) is 0 Å². The van der Waals surface area contributed by atoms with E-state index in [4.69, 9.17) is 21.1 Å². The van der Waals surface area contributed by atoms with Crippen LogP contribution in [0.2, 0.25) is 5.15 Å². The summed E-state index contributed by atoms with van der Waals surface area (Å²) in [6.45, 7) is 4.04. The minimum atomic E-state index is 0.182. The number of rotatable bonds is 4. The number of halogens is 1. The zero-order valence-electron chi connectivity index (χ0n) is 11.1. The molecule has 19 heavy (non-hydrogen) atoms. The Morgan fingerprint density at radius 1 is 1.05 bits per heavy atom. The van der Waals surface area contributed by atoms with Crippen molar-refractivity contribution in [3.63, 3.8) is 0 Å². The Bertz CT molecular complexity index is 556. The third-order valence-corrected chi connectivity index (χ3v) is 2.95. The van der Waals surface area contributed by atoms with Crippen molar-refractivity contribution in [3.05, 3.63) is 41.3 Å². The van der Waals surface area contributed by atoms with Gasteiger partial charge in [0.1, 0.15) is 23.0 Å². The summed E-state index contributed by atoms with van der Waals surface area (Å²) in [6, 6.07) is 7.29. The zero-order chi connectivity index (χ0) is 13.8. The van der Waals surface area contributed by atoms with E-state index in [0.29, 0.717) is 16.8 Å². The first-order valence-corrected chi connectivity index (χ1v) is 6.32. The summed E-state index contributed by atoms with van der Waals surface area (Å²) in [6.07, 6.45) is 1.40. The fraction of sp³-hybridized carbons (Fsp3) is 0.286. The van der Waals surface area contributed by atoms with Gasteiger partial charge in [-0.3, -0.25) is 0 Å². The van der Waals surface area contributed by atoms with Gasteiger partial charge in [0.15, 0.2) is 0 Å². The van der Waals surface area contributed by atoms with E-state index in [-0.39, 0.29) is 5.92 Å². The predicted octanol–water partition coefficient (Wildman–Crippen LogP) is 4.05. The molecule has 0 fully saturated rings. The topological polar surface area (TPSA) is 44.2 Å². The summed E-state index contributed by atoms with van der Waals surface area (Å²) in [4.78, 5) is 8.13. The average molecular weight is 279 g/mol. The van der Waals surface area contributed by atoms with Gasteiger partial charge >= 0.3 is 0 Å². The molecular weight excluding hydrogens is 264 g/mol. The first kappa shape index (κ1) is 13.6. The summed E-state index contributed by atoms with van der Waals surface area (Å²) in [5.41, 5.74) is 0.806. The molecule has 0 unspecified atom stereocenters. The fourth-order valence-electron chi connectivity index (χ4n) is 1.68. The van der Waals surface area contributed by atoms with Gasteiger partial charge in [-0.2, -0.15) is 0 Å². The molecule has 1 aromatic heterocycles. The minimum Gasteiger partial charge on any atom is -0.497 e. The monoisotopic (exact) mass is 278 g/mol. The molecule has 0 aliphatic carbocycles. The van der Waals surface area contributed by atoms with Crippen LogP contribution in [0.1, 0.15) is 25.3 Å². The number of aromatic nitrogens is 2. The molecule has 0 atom stereocenters. The molecule has 0 saturated heterocycles. The fourth-order valence-corrected chi connectivity index (χ4v) is 2.02. The van der Waals surface area contributed by atoms with Gasteiger partial charge < -0.3 is 9.47 Å². The molecule has 2 rings (SSSR count). The molecule has 1 heterocycles. The maximum Gasteiger partial charge on any atom is 0.227 e. The first-order chi connectivity index (χ1) is 9.11. The second-order valence-electron chi connectivity index (χ2n) is 4.32. The quantitative estimate of drug-likeness (QED) is 0.791. The molecule has 100 valence electrons. The normalized spacial score (nSPS) is 10.6. The lowest BCUT2D eigenvalue weighted by Gasteiger charge is -2.13. The number of benzene rings is 1.